The second-order valence-corrected chi connectivity index (χ2v) is 4.00. The Bertz CT molecular complexity index is 480. The van der Waals surface area contributed by atoms with Crippen LogP contribution in [0.3, 0.4) is 0 Å². The van der Waals surface area contributed by atoms with Crippen molar-refractivity contribution in [3.63, 3.8) is 0 Å². The summed E-state index contributed by atoms with van der Waals surface area (Å²) >= 11 is 0. The molecule has 0 saturated heterocycles. The molecule has 0 bridgehead atoms. The van der Waals surface area contributed by atoms with Crippen LogP contribution in [0.25, 0.3) is 0 Å². The van der Waals surface area contributed by atoms with Gasteiger partial charge in [-0.05, 0) is 26.0 Å². The molecule has 17 heavy (non-hydrogen) atoms. The summed E-state index contributed by atoms with van der Waals surface area (Å²) < 4.78 is 0. The maximum atomic E-state index is 11.4. The molecule has 0 saturated carbocycles. The summed E-state index contributed by atoms with van der Waals surface area (Å²) in [7, 11) is 0. The fourth-order valence-electron chi connectivity index (χ4n) is 1.02. The van der Waals surface area contributed by atoms with Crippen LogP contribution in [0, 0.1) is 11.8 Å². The average Bonchev–Trinajstić information content (AvgIpc) is 2.27. The standard InChI is InChI=1S/C13H13NO3/c1-13(2,12(16)17)14-11(15)9-8-10-6-4-3-5-7-10/h3-7H,1-2H3,(H,14,15)(H,16,17). The molecule has 4 nitrogen and oxygen atoms in total. The molecule has 1 aromatic rings. The van der Waals surface area contributed by atoms with E-state index in [1.54, 1.807) is 12.1 Å². The first-order chi connectivity index (χ1) is 7.92. The van der Waals surface area contributed by atoms with Crippen molar-refractivity contribution < 1.29 is 14.7 Å². The summed E-state index contributed by atoms with van der Waals surface area (Å²) in [5, 5.41) is 11.1. The molecule has 1 amide bonds. The molecule has 1 rings (SSSR count). The molecule has 88 valence electrons. The number of carboxylic acid groups (broad SMARTS) is 1. The maximum Gasteiger partial charge on any atom is 0.328 e. The lowest BCUT2D eigenvalue weighted by Gasteiger charge is -2.18. The molecule has 1 aromatic carbocycles. The van der Waals surface area contributed by atoms with Gasteiger partial charge in [-0.1, -0.05) is 24.1 Å². The van der Waals surface area contributed by atoms with Gasteiger partial charge in [0.15, 0.2) is 0 Å². The zero-order valence-electron chi connectivity index (χ0n) is 9.65. The van der Waals surface area contributed by atoms with Gasteiger partial charge in [0.1, 0.15) is 5.54 Å². The molecule has 0 radical (unpaired) electrons. The molecule has 0 atom stereocenters. The molecular formula is C13H13NO3. The third-order valence-electron chi connectivity index (χ3n) is 2.05. The van der Waals surface area contributed by atoms with Gasteiger partial charge in [0, 0.05) is 11.5 Å². The highest BCUT2D eigenvalue weighted by molar-refractivity contribution is 5.97. The summed E-state index contributed by atoms with van der Waals surface area (Å²) in [6.45, 7) is 2.80. The average molecular weight is 231 g/mol. The van der Waals surface area contributed by atoms with Crippen LogP contribution in [0.2, 0.25) is 0 Å². The van der Waals surface area contributed by atoms with Crippen molar-refractivity contribution in [2.45, 2.75) is 19.4 Å². The van der Waals surface area contributed by atoms with Gasteiger partial charge >= 0.3 is 5.97 Å². The summed E-state index contributed by atoms with van der Waals surface area (Å²) in [6, 6.07) is 9.00. The van der Waals surface area contributed by atoms with Crippen molar-refractivity contribution in [1.82, 2.24) is 5.32 Å². The Morgan fingerprint density at radius 2 is 1.82 bits per heavy atom. The van der Waals surface area contributed by atoms with Crippen molar-refractivity contribution in [3.8, 4) is 11.8 Å². The molecule has 0 spiro atoms. The molecular weight excluding hydrogens is 218 g/mol. The largest absolute Gasteiger partial charge is 0.480 e. The number of nitrogens with one attached hydrogen (secondary N) is 1. The van der Waals surface area contributed by atoms with E-state index < -0.39 is 17.4 Å². The van der Waals surface area contributed by atoms with E-state index in [4.69, 9.17) is 5.11 Å². The van der Waals surface area contributed by atoms with E-state index in [1.807, 2.05) is 18.2 Å². The minimum Gasteiger partial charge on any atom is -0.480 e. The number of carbonyl (C=O) groups excluding carboxylic acids is 1. The van der Waals surface area contributed by atoms with Gasteiger partial charge in [0.05, 0.1) is 0 Å². The first kappa shape index (κ1) is 12.8. The Hall–Kier alpha value is -2.28. The quantitative estimate of drug-likeness (QED) is 0.747. The highest BCUT2D eigenvalue weighted by Crippen LogP contribution is 2.01. The second kappa shape index (κ2) is 5.17. The smallest absolute Gasteiger partial charge is 0.328 e. The fraction of sp³-hybridized carbons (Fsp3) is 0.231. The molecule has 4 heteroatoms. The molecule has 0 aliphatic rings. The van der Waals surface area contributed by atoms with Crippen LogP contribution in [-0.4, -0.2) is 22.5 Å². The number of carboxylic acids is 1. The van der Waals surface area contributed by atoms with Crippen LogP contribution < -0.4 is 5.32 Å². The maximum absolute atomic E-state index is 11.4. The monoisotopic (exact) mass is 231 g/mol. The van der Waals surface area contributed by atoms with Crippen LogP contribution in [0.5, 0.6) is 0 Å². The van der Waals surface area contributed by atoms with Crippen LogP contribution >= 0.6 is 0 Å². The van der Waals surface area contributed by atoms with Gasteiger partial charge in [-0.25, -0.2) is 4.79 Å². The van der Waals surface area contributed by atoms with Crippen molar-refractivity contribution >= 4 is 11.9 Å². The lowest BCUT2D eigenvalue weighted by molar-refractivity contribution is -0.145. The third-order valence-corrected chi connectivity index (χ3v) is 2.05. The molecule has 2 N–H and O–H groups in total. The summed E-state index contributed by atoms with van der Waals surface area (Å²) in [5.74, 6) is 3.28. The predicted molar refractivity (Wildman–Crippen MR) is 63.2 cm³/mol. The lowest BCUT2D eigenvalue weighted by Crippen LogP contribution is -2.49. The van der Waals surface area contributed by atoms with Crippen molar-refractivity contribution in [1.29, 1.82) is 0 Å². The number of aliphatic carboxylic acids is 1. The van der Waals surface area contributed by atoms with E-state index in [-0.39, 0.29) is 0 Å². The van der Waals surface area contributed by atoms with Gasteiger partial charge in [-0.3, -0.25) is 4.79 Å². The second-order valence-electron chi connectivity index (χ2n) is 4.00. The van der Waals surface area contributed by atoms with Crippen molar-refractivity contribution in [3.05, 3.63) is 35.9 Å². The molecule has 0 aliphatic heterocycles. The Morgan fingerprint density at radius 1 is 1.24 bits per heavy atom. The first-order valence-electron chi connectivity index (χ1n) is 5.04. The van der Waals surface area contributed by atoms with Gasteiger partial charge in [0.25, 0.3) is 5.91 Å². The predicted octanol–water partition coefficient (Wildman–Crippen LogP) is 1.02. The summed E-state index contributed by atoms with van der Waals surface area (Å²) in [5.41, 5.74) is -0.613. The van der Waals surface area contributed by atoms with Crippen LogP contribution in [0.15, 0.2) is 30.3 Å². The van der Waals surface area contributed by atoms with E-state index in [9.17, 15) is 9.59 Å². The molecule has 0 aromatic heterocycles. The number of benzene rings is 1. The molecule has 0 fully saturated rings. The third kappa shape index (κ3) is 3.99. The molecule has 0 unspecified atom stereocenters. The van der Waals surface area contributed by atoms with E-state index in [0.29, 0.717) is 5.56 Å². The van der Waals surface area contributed by atoms with Crippen molar-refractivity contribution in [2.24, 2.45) is 0 Å². The van der Waals surface area contributed by atoms with E-state index >= 15 is 0 Å². The minimum absolute atomic E-state index is 0.610. The minimum atomic E-state index is -1.32. The number of carbonyl (C=O) groups is 2. The molecule has 0 heterocycles. The molecule has 0 aliphatic carbocycles. The van der Waals surface area contributed by atoms with E-state index in [2.05, 4.69) is 17.2 Å². The summed E-state index contributed by atoms with van der Waals surface area (Å²) in [6.07, 6.45) is 0. The van der Waals surface area contributed by atoms with Gasteiger partial charge in [-0.2, -0.15) is 0 Å². The Labute approximate surface area is 99.7 Å². The highest BCUT2D eigenvalue weighted by Gasteiger charge is 2.28. The van der Waals surface area contributed by atoms with E-state index in [1.165, 1.54) is 13.8 Å². The zero-order chi connectivity index (χ0) is 12.9. The van der Waals surface area contributed by atoms with E-state index in [0.717, 1.165) is 0 Å². The Balaban J connectivity index is 2.69. The van der Waals surface area contributed by atoms with Gasteiger partial charge in [0.2, 0.25) is 0 Å². The Kier molecular flexibility index (Phi) is 3.89. The summed E-state index contributed by atoms with van der Waals surface area (Å²) in [4.78, 5) is 22.2. The fourth-order valence-corrected chi connectivity index (χ4v) is 1.02. The van der Waals surface area contributed by atoms with Gasteiger partial charge in [-0.15, -0.1) is 0 Å². The Morgan fingerprint density at radius 3 is 2.35 bits per heavy atom. The first-order valence-corrected chi connectivity index (χ1v) is 5.04. The zero-order valence-corrected chi connectivity index (χ0v) is 9.65. The SMILES string of the molecule is CC(C)(NC(=O)C#Cc1ccccc1)C(=O)O. The van der Waals surface area contributed by atoms with Crippen molar-refractivity contribution in [2.75, 3.05) is 0 Å². The number of rotatable bonds is 2. The highest BCUT2D eigenvalue weighted by atomic mass is 16.4. The van der Waals surface area contributed by atoms with Crippen LogP contribution in [-0.2, 0) is 9.59 Å². The number of hydrogen-bond acceptors (Lipinski definition) is 2. The topological polar surface area (TPSA) is 66.4 Å². The number of amides is 1. The number of hydrogen-bond donors (Lipinski definition) is 2. The normalized spacial score (nSPS) is 10.0. The van der Waals surface area contributed by atoms with Crippen LogP contribution in [0.1, 0.15) is 19.4 Å². The van der Waals surface area contributed by atoms with Gasteiger partial charge < -0.3 is 10.4 Å². The lowest BCUT2D eigenvalue weighted by atomic mass is 10.1. The van der Waals surface area contributed by atoms with Crippen LogP contribution in [0.4, 0.5) is 0 Å².